The minimum atomic E-state index is -0.351. The normalized spacial score (nSPS) is 10.9. The number of methoxy groups -OCH3 is 1. The molecule has 0 saturated carbocycles. The van der Waals surface area contributed by atoms with Gasteiger partial charge in [-0.1, -0.05) is 40.9 Å². The lowest BCUT2D eigenvalue weighted by atomic mass is 10.2. The minimum absolute atomic E-state index is 0.239. The summed E-state index contributed by atoms with van der Waals surface area (Å²) >= 11 is 21.4. The maximum atomic E-state index is 12.1. The first-order chi connectivity index (χ1) is 14.9. The van der Waals surface area contributed by atoms with Gasteiger partial charge in [-0.25, -0.2) is 5.43 Å². The van der Waals surface area contributed by atoms with Gasteiger partial charge in [0.05, 0.1) is 13.3 Å². The van der Waals surface area contributed by atoms with E-state index < -0.39 is 0 Å². The lowest BCUT2D eigenvalue weighted by molar-refractivity contribution is 0.0955. The number of halogens is 4. The van der Waals surface area contributed by atoms with E-state index in [2.05, 4.69) is 26.5 Å². The number of nitrogens with one attached hydrogen (secondary N) is 1. The Morgan fingerprint density at radius 1 is 1.03 bits per heavy atom. The Morgan fingerprint density at radius 3 is 2.42 bits per heavy atom. The minimum Gasteiger partial charge on any atom is -0.493 e. The maximum Gasteiger partial charge on any atom is 0.271 e. The smallest absolute Gasteiger partial charge is 0.271 e. The Morgan fingerprint density at radius 2 is 1.74 bits per heavy atom. The van der Waals surface area contributed by atoms with Gasteiger partial charge in [-0.3, -0.25) is 4.79 Å². The summed E-state index contributed by atoms with van der Waals surface area (Å²) in [5.41, 5.74) is 4.40. The summed E-state index contributed by atoms with van der Waals surface area (Å²) < 4.78 is 12.0. The van der Waals surface area contributed by atoms with Gasteiger partial charge in [-0.15, -0.1) is 0 Å². The molecule has 0 aromatic heterocycles. The largest absolute Gasteiger partial charge is 0.493 e. The molecule has 0 fully saturated rings. The van der Waals surface area contributed by atoms with E-state index in [9.17, 15) is 4.79 Å². The van der Waals surface area contributed by atoms with Crippen molar-refractivity contribution in [3.05, 3.63) is 90.8 Å². The van der Waals surface area contributed by atoms with Crippen molar-refractivity contribution >= 4 is 62.9 Å². The molecule has 0 heterocycles. The number of carbonyl (C=O) groups excluding carboxylic acids is 1. The average Bonchev–Trinajstić information content (AvgIpc) is 2.74. The van der Waals surface area contributed by atoms with E-state index in [1.807, 2.05) is 0 Å². The van der Waals surface area contributed by atoms with Crippen LogP contribution in [-0.2, 0) is 6.61 Å². The van der Waals surface area contributed by atoms with Crippen molar-refractivity contribution in [1.29, 1.82) is 0 Å². The Balaban J connectivity index is 1.70. The van der Waals surface area contributed by atoms with Crippen LogP contribution in [0, 0.1) is 0 Å². The molecule has 3 rings (SSSR count). The number of amides is 1. The van der Waals surface area contributed by atoms with Gasteiger partial charge in [0.15, 0.2) is 11.5 Å². The van der Waals surface area contributed by atoms with Gasteiger partial charge in [0.25, 0.3) is 5.91 Å². The lowest BCUT2D eigenvalue weighted by Crippen LogP contribution is -2.17. The van der Waals surface area contributed by atoms with Crippen LogP contribution in [0.5, 0.6) is 11.5 Å². The second-order valence-electron chi connectivity index (χ2n) is 6.26. The fourth-order valence-corrected chi connectivity index (χ4v) is 3.56. The van der Waals surface area contributed by atoms with Crippen LogP contribution in [-0.4, -0.2) is 19.2 Å². The molecule has 3 aromatic rings. The van der Waals surface area contributed by atoms with Gasteiger partial charge in [0.1, 0.15) is 6.61 Å². The third-order valence-corrected chi connectivity index (χ3v) is 5.68. The number of hydrogen-bond acceptors (Lipinski definition) is 4. The summed E-state index contributed by atoms with van der Waals surface area (Å²) in [7, 11) is 1.54. The van der Waals surface area contributed by atoms with Crippen LogP contribution in [0.3, 0.4) is 0 Å². The Hall–Kier alpha value is -2.25. The summed E-state index contributed by atoms with van der Waals surface area (Å²) in [4.78, 5) is 12.1. The number of benzene rings is 3. The highest BCUT2D eigenvalue weighted by Crippen LogP contribution is 2.34. The van der Waals surface area contributed by atoms with Crippen LogP contribution in [0.2, 0.25) is 15.1 Å². The molecule has 5 nitrogen and oxygen atoms in total. The monoisotopic (exact) mass is 540 g/mol. The predicted octanol–water partition coefficient (Wildman–Crippen LogP) is 6.76. The lowest BCUT2D eigenvalue weighted by Gasteiger charge is -2.13. The molecule has 1 N–H and O–H groups in total. The molecule has 160 valence electrons. The molecule has 0 radical (unpaired) electrons. The standard InChI is InChI=1S/C22H16BrCl3N2O3/c1-30-20-8-15(11-27-28-22(29)13-2-5-16(24)6-3-13)18(23)10-21(20)31-12-14-4-7-17(25)9-19(14)26/h2-11H,12H2,1H3,(H,28,29)/b27-11-. The SMILES string of the molecule is COc1cc(/C=N\NC(=O)c2ccc(Cl)cc2)c(Br)cc1OCc1ccc(Cl)cc1Cl. The molecule has 31 heavy (non-hydrogen) atoms. The summed E-state index contributed by atoms with van der Waals surface area (Å²) in [6.07, 6.45) is 1.50. The number of rotatable bonds is 7. The van der Waals surface area contributed by atoms with E-state index in [4.69, 9.17) is 44.3 Å². The molecule has 0 bridgehead atoms. The van der Waals surface area contributed by atoms with Gasteiger partial charge >= 0.3 is 0 Å². The number of carbonyl (C=O) groups is 1. The van der Waals surface area contributed by atoms with Gasteiger partial charge in [-0.2, -0.15) is 5.10 Å². The van der Waals surface area contributed by atoms with Crippen LogP contribution < -0.4 is 14.9 Å². The van der Waals surface area contributed by atoms with Crippen molar-refractivity contribution in [2.45, 2.75) is 6.61 Å². The van der Waals surface area contributed by atoms with E-state index >= 15 is 0 Å². The van der Waals surface area contributed by atoms with Gasteiger partial charge < -0.3 is 9.47 Å². The van der Waals surface area contributed by atoms with Crippen LogP contribution in [0.4, 0.5) is 0 Å². The highest BCUT2D eigenvalue weighted by atomic mass is 79.9. The molecule has 1 amide bonds. The molecule has 0 saturated heterocycles. The van der Waals surface area contributed by atoms with E-state index in [0.29, 0.717) is 42.2 Å². The van der Waals surface area contributed by atoms with Crippen molar-refractivity contribution in [3.63, 3.8) is 0 Å². The quantitative estimate of drug-likeness (QED) is 0.265. The molecule has 9 heteroatoms. The summed E-state index contributed by atoms with van der Waals surface area (Å²) in [6.45, 7) is 0.239. The van der Waals surface area contributed by atoms with Crippen LogP contribution in [0.15, 0.2) is 64.2 Å². The number of hydrogen-bond donors (Lipinski definition) is 1. The molecule has 0 spiro atoms. The third-order valence-electron chi connectivity index (χ3n) is 4.16. The highest BCUT2D eigenvalue weighted by Gasteiger charge is 2.11. The second kappa shape index (κ2) is 10.9. The maximum absolute atomic E-state index is 12.1. The van der Waals surface area contributed by atoms with E-state index in [0.717, 1.165) is 5.56 Å². The first-order valence-electron chi connectivity index (χ1n) is 8.90. The Kier molecular flexibility index (Phi) is 8.21. The molecule has 0 unspecified atom stereocenters. The van der Waals surface area contributed by atoms with Crippen molar-refractivity contribution in [2.24, 2.45) is 5.10 Å². The van der Waals surface area contributed by atoms with Crippen molar-refractivity contribution < 1.29 is 14.3 Å². The molecule has 3 aromatic carbocycles. The first-order valence-corrected chi connectivity index (χ1v) is 10.8. The van der Waals surface area contributed by atoms with Gasteiger partial charge in [-0.05, 0) is 64.5 Å². The fourth-order valence-electron chi connectivity index (χ4n) is 2.54. The topological polar surface area (TPSA) is 59.9 Å². The van der Waals surface area contributed by atoms with Crippen LogP contribution >= 0.6 is 50.7 Å². The molecular weight excluding hydrogens is 527 g/mol. The Bertz CT molecular complexity index is 1120. The average molecular weight is 543 g/mol. The molecular formula is C22H16BrCl3N2O3. The number of ether oxygens (including phenoxy) is 2. The van der Waals surface area contributed by atoms with E-state index in [1.54, 1.807) is 54.6 Å². The van der Waals surface area contributed by atoms with Crippen molar-refractivity contribution in [3.8, 4) is 11.5 Å². The summed E-state index contributed by atoms with van der Waals surface area (Å²) in [5.74, 6) is 0.664. The van der Waals surface area contributed by atoms with Crippen LogP contribution in [0.25, 0.3) is 0 Å². The summed E-state index contributed by atoms with van der Waals surface area (Å²) in [5, 5.41) is 5.63. The predicted molar refractivity (Wildman–Crippen MR) is 128 cm³/mol. The van der Waals surface area contributed by atoms with Gasteiger partial charge in [0, 0.05) is 36.2 Å². The highest BCUT2D eigenvalue weighted by molar-refractivity contribution is 9.10. The van der Waals surface area contributed by atoms with E-state index in [1.165, 1.54) is 13.3 Å². The molecule has 0 atom stereocenters. The molecule has 0 aliphatic rings. The third kappa shape index (κ3) is 6.37. The van der Waals surface area contributed by atoms with Crippen molar-refractivity contribution in [2.75, 3.05) is 7.11 Å². The number of hydrazone groups is 1. The van der Waals surface area contributed by atoms with Crippen molar-refractivity contribution in [1.82, 2.24) is 5.43 Å². The molecule has 0 aliphatic heterocycles. The first kappa shape index (κ1) is 23.4. The summed E-state index contributed by atoms with van der Waals surface area (Å²) in [6, 6.07) is 15.2. The fraction of sp³-hybridized carbons (Fsp3) is 0.0909. The zero-order chi connectivity index (χ0) is 22.4. The van der Waals surface area contributed by atoms with E-state index in [-0.39, 0.29) is 12.5 Å². The zero-order valence-electron chi connectivity index (χ0n) is 16.2. The molecule has 0 aliphatic carbocycles. The van der Waals surface area contributed by atoms with Crippen LogP contribution in [0.1, 0.15) is 21.5 Å². The second-order valence-corrected chi connectivity index (χ2v) is 8.39. The number of nitrogens with zero attached hydrogens (tertiary/aromatic N) is 1. The Labute approximate surface area is 203 Å². The zero-order valence-corrected chi connectivity index (χ0v) is 20.0. The van der Waals surface area contributed by atoms with Gasteiger partial charge in [0.2, 0.25) is 0 Å².